The number of anilines is 2. The highest BCUT2D eigenvalue weighted by atomic mass is 32.2. The third-order valence-corrected chi connectivity index (χ3v) is 6.60. The highest BCUT2D eigenvalue weighted by Crippen LogP contribution is 2.33. The molecule has 0 fully saturated rings. The van der Waals surface area contributed by atoms with Gasteiger partial charge in [-0.3, -0.25) is 9.59 Å². The van der Waals surface area contributed by atoms with Crippen LogP contribution >= 0.6 is 23.5 Å². The second-order valence-electron chi connectivity index (χ2n) is 6.72. The SMILES string of the molecule is O=C1CSc2ccc(C(=O)OCCCOC(=O)c3ccc4c(c3)NC(=O)CS4)cc2N1. The maximum atomic E-state index is 12.2. The van der Waals surface area contributed by atoms with Crippen molar-refractivity contribution in [2.75, 3.05) is 35.4 Å². The van der Waals surface area contributed by atoms with E-state index in [1.165, 1.54) is 23.5 Å². The number of hydrogen-bond donors (Lipinski definition) is 2. The molecule has 2 N–H and O–H groups in total. The molecule has 31 heavy (non-hydrogen) atoms. The molecule has 2 aliphatic heterocycles. The van der Waals surface area contributed by atoms with Crippen LogP contribution in [0, 0.1) is 0 Å². The van der Waals surface area contributed by atoms with Gasteiger partial charge < -0.3 is 20.1 Å². The quantitative estimate of drug-likeness (QED) is 0.502. The van der Waals surface area contributed by atoms with Gasteiger partial charge in [-0.05, 0) is 36.4 Å². The van der Waals surface area contributed by atoms with Crippen molar-refractivity contribution in [3.63, 3.8) is 0 Å². The molecule has 0 unspecified atom stereocenters. The number of ether oxygens (including phenoxy) is 2. The number of rotatable bonds is 6. The standard InChI is InChI=1S/C21H18N2O6S2/c24-18-10-30-16-4-2-12(8-14(16)22-18)20(26)28-6-1-7-29-21(27)13-3-5-17-15(9-13)23-19(25)11-31-17/h2-5,8-9H,1,6-7,10-11H2,(H,22,24)(H,23,25). The van der Waals surface area contributed by atoms with Crippen molar-refractivity contribution < 1.29 is 28.7 Å². The van der Waals surface area contributed by atoms with E-state index in [-0.39, 0.29) is 25.0 Å². The smallest absolute Gasteiger partial charge is 0.338 e. The third kappa shape index (κ3) is 5.20. The van der Waals surface area contributed by atoms with Crippen molar-refractivity contribution in [3.05, 3.63) is 47.5 Å². The van der Waals surface area contributed by atoms with Crippen LogP contribution in [0.15, 0.2) is 46.2 Å². The predicted octanol–water partition coefficient (Wildman–Crippen LogP) is 3.18. The first-order chi connectivity index (χ1) is 15.0. The second-order valence-corrected chi connectivity index (χ2v) is 8.76. The normalized spacial score (nSPS) is 14.6. The summed E-state index contributed by atoms with van der Waals surface area (Å²) in [7, 11) is 0. The topological polar surface area (TPSA) is 111 Å². The minimum atomic E-state index is -0.512. The Kier molecular flexibility index (Phi) is 6.47. The van der Waals surface area contributed by atoms with Crippen molar-refractivity contribution in [2.45, 2.75) is 16.2 Å². The van der Waals surface area contributed by atoms with E-state index in [2.05, 4.69) is 10.6 Å². The summed E-state index contributed by atoms with van der Waals surface area (Å²) < 4.78 is 10.4. The van der Waals surface area contributed by atoms with Crippen LogP contribution in [0.3, 0.4) is 0 Å². The van der Waals surface area contributed by atoms with Gasteiger partial charge in [-0.1, -0.05) is 0 Å². The van der Waals surface area contributed by atoms with E-state index in [1.807, 2.05) is 0 Å². The van der Waals surface area contributed by atoms with Crippen LogP contribution in [-0.4, -0.2) is 48.5 Å². The lowest BCUT2D eigenvalue weighted by Gasteiger charge is -2.17. The van der Waals surface area contributed by atoms with E-state index in [4.69, 9.17) is 9.47 Å². The summed E-state index contributed by atoms with van der Waals surface area (Å²) in [5.41, 5.74) is 1.88. The van der Waals surface area contributed by atoms with Crippen LogP contribution in [-0.2, 0) is 19.1 Å². The number of thioether (sulfide) groups is 2. The molecule has 2 aromatic carbocycles. The first-order valence-corrected chi connectivity index (χ1v) is 11.4. The second kappa shape index (κ2) is 9.44. The summed E-state index contributed by atoms with van der Waals surface area (Å²) in [6, 6.07) is 10.0. The van der Waals surface area contributed by atoms with Crippen LogP contribution in [0.2, 0.25) is 0 Å². The average Bonchev–Trinajstić information content (AvgIpc) is 2.77. The van der Waals surface area contributed by atoms with E-state index in [1.54, 1.807) is 36.4 Å². The summed E-state index contributed by atoms with van der Waals surface area (Å²) >= 11 is 2.83. The summed E-state index contributed by atoms with van der Waals surface area (Å²) in [6.45, 7) is 0.169. The maximum absolute atomic E-state index is 12.2. The van der Waals surface area contributed by atoms with Gasteiger partial charge >= 0.3 is 11.9 Å². The molecule has 0 spiro atoms. The monoisotopic (exact) mass is 458 g/mol. The Balaban J connectivity index is 1.22. The molecule has 0 saturated carbocycles. The highest BCUT2D eigenvalue weighted by molar-refractivity contribution is 8.00. The van der Waals surface area contributed by atoms with Gasteiger partial charge in [0.05, 0.1) is 47.2 Å². The number of carbonyl (C=O) groups is 4. The fraction of sp³-hybridized carbons (Fsp3) is 0.238. The van der Waals surface area contributed by atoms with Gasteiger partial charge in [0.1, 0.15) is 0 Å². The molecule has 2 aromatic rings. The molecule has 0 bridgehead atoms. The van der Waals surface area contributed by atoms with Gasteiger partial charge in [0.25, 0.3) is 0 Å². The van der Waals surface area contributed by atoms with Crippen LogP contribution in [0.1, 0.15) is 27.1 Å². The number of carbonyl (C=O) groups excluding carboxylic acids is 4. The predicted molar refractivity (Wildman–Crippen MR) is 117 cm³/mol. The molecule has 0 saturated heterocycles. The van der Waals surface area contributed by atoms with Gasteiger partial charge in [-0.25, -0.2) is 9.59 Å². The number of esters is 2. The van der Waals surface area contributed by atoms with Crippen LogP contribution in [0.4, 0.5) is 11.4 Å². The van der Waals surface area contributed by atoms with Crippen molar-refractivity contribution in [3.8, 4) is 0 Å². The zero-order valence-electron chi connectivity index (χ0n) is 16.3. The Morgan fingerprint density at radius 1 is 0.774 bits per heavy atom. The molecule has 0 radical (unpaired) electrons. The first-order valence-electron chi connectivity index (χ1n) is 9.47. The zero-order valence-corrected chi connectivity index (χ0v) is 17.9. The number of benzene rings is 2. The van der Waals surface area contributed by atoms with E-state index in [9.17, 15) is 19.2 Å². The molecular weight excluding hydrogens is 440 g/mol. The molecule has 10 heteroatoms. The zero-order chi connectivity index (χ0) is 21.8. The molecule has 4 rings (SSSR count). The van der Waals surface area contributed by atoms with Crippen LogP contribution in [0.5, 0.6) is 0 Å². The van der Waals surface area contributed by atoms with Crippen LogP contribution < -0.4 is 10.6 Å². The van der Waals surface area contributed by atoms with Gasteiger partial charge in [-0.15, -0.1) is 23.5 Å². The fourth-order valence-corrected chi connectivity index (χ4v) is 4.55. The van der Waals surface area contributed by atoms with E-state index >= 15 is 0 Å². The number of nitrogens with one attached hydrogen (secondary N) is 2. The lowest BCUT2D eigenvalue weighted by Crippen LogP contribution is -2.19. The fourth-order valence-electron chi connectivity index (χ4n) is 2.98. The molecule has 8 nitrogen and oxygen atoms in total. The van der Waals surface area contributed by atoms with Gasteiger partial charge in [0.2, 0.25) is 11.8 Å². The Morgan fingerprint density at radius 3 is 1.68 bits per heavy atom. The van der Waals surface area contributed by atoms with Gasteiger partial charge in [-0.2, -0.15) is 0 Å². The Bertz CT molecular complexity index is 988. The lowest BCUT2D eigenvalue weighted by molar-refractivity contribution is -0.114. The van der Waals surface area contributed by atoms with E-state index in [0.29, 0.717) is 40.4 Å². The number of hydrogen-bond acceptors (Lipinski definition) is 8. The van der Waals surface area contributed by atoms with Gasteiger partial charge in [0, 0.05) is 16.2 Å². The Morgan fingerprint density at radius 2 is 1.23 bits per heavy atom. The summed E-state index contributed by atoms with van der Waals surface area (Å²) in [4.78, 5) is 49.2. The molecule has 0 aromatic heterocycles. The van der Waals surface area contributed by atoms with E-state index < -0.39 is 11.9 Å². The Hall–Kier alpha value is -2.98. The first kappa shape index (κ1) is 21.3. The molecular formula is C21H18N2O6S2. The highest BCUT2D eigenvalue weighted by Gasteiger charge is 2.19. The third-order valence-electron chi connectivity index (χ3n) is 4.45. The molecule has 0 atom stereocenters. The molecule has 2 aliphatic rings. The van der Waals surface area contributed by atoms with Gasteiger partial charge in [0.15, 0.2) is 0 Å². The van der Waals surface area contributed by atoms with Crippen molar-refractivity contribution in [1.29, 1.82) is 0 Å². The number of amides is 2. The summed E-state index contributed by atoms with van der Waals surface area (Å²) in [5, 5.41) is 5.46. The summed E-state index contributed by atoms with van der Waals surface area (Å²) in [6.07, 6.45) is 0.340. The van der Waals surface area contributed by atoms with Crippen molar-refractivity contribution >= 4 is 58.7 Å². The minimum absolute atomic E-state index is 0.0845. The Labute approximate surface area is 186 Å². The molecule has 2 amide bonds. The molecule has 160 valence electrons. The van der Waals surface area contributed by atoms with Crippen molar-refractivity contribution in [2.24, 2.45) is 0 Å². The molecule has 2 heterocycles. The lowest BCUT2D eigenvalue weighted by atomic mass is 10.2. The maximum Gasteiger partial charge on any atom is 0.338 e. The molecule has 0 aliphatic carbocycles. The minimum Gasteiger partial charge on any atom is -0.462 e. The summed E-state index contributed by atoms with van der Waals surface area (Å²) in [5.74, 6) is -0.526. The van der Waals surface area contributed by atoms with E-state index in [0.717, 1.165) is 9.79 Å². The number of fused-ring (bicyclic) bond motifs is 2. The average molecular weight is 459 g/mol. The van der Waals surface area contributed by atoms with Crippen molar-refractivity contribution in [1.82, 2.24) is 0 Å². The largest absolute Gasteiger partial charge is 0.462 e. The van der Waals surface area contributed by atoms with Crippen LogP contribution in [0.25, 0.3) is 0 Å².